The maximum atomic E-state index is 12.7. The Labute approximate surface area is 151 Å². The van der Waals surface area contributed by atoms with E-state index < -0.39 is 0 Å². The van der Waals surface area contributed by atoms with Crippen LogP contribution in [0, 0.1) is 6.92 Å². The normalized spacial score (nSPS) is 10.3. The number of amides is 1. The van der Waals surface area contributed by atoms with Gasteiger partial charge in [-0.25, -0.2) is 0 Å². The summed E-state index contributed by atoms with van der Waals surface area (Å²) in [6.45, 7) is 1.86. The molecule has 3 nitrogen and oxygen atoms in total. The fourth-order valence-corrected chi connectivity index (χ4v) is 2.81. The number of halogens is 1. The van der Waals surface area contributed by atoms with E-state index in [2.05, 4.69) is 5.32 Å². The first-order valence-corrected chi connectivity index (χ1v) is 8.20. The molecular weight excluding hydrogens is 334 g/mol. The van der Waals surface area contributed by atoms with Gasteiger partial charge in [-0.15, -0.1) is 0 Å². The molecule has 0 bridgehead atoms. The smallest absolute Gasteiger partial charge is 0.256 e. The van der Waals surface area contributed by atoms with Gasteiger partial charge in [0.25, 0.3) is 5.91 Å². The summed E-state index contributed by atoms with van der Waals surface area (Å²) in [4.78, 5) is 25.4. The van der Waals surface area contributed by atoms with Crippen molar-refractivity contribution in [2.45, 2.75) is 6.92 Å². The molecule has 0 spiro atoms. The molecule has 25 heavy (non-hydrogen) atoms. The largest absolute Gasteiger partial charge is 0.322 e. The standard InChI is InChI=1S/C21H16ClNO2/c1-14-13-16(22)11-12-19(14)23-21(25)18-10-6-5-9-17(18)20(24)15-7-3-2-4-8-15/h2-13H,1H3,(H,23,25). The number of hydrogen-bond acceptors (Lipinski definition) is 2. The highest BCUT2D eigenvalue weighted by atomic mass is 35.5. The Kier molecular flexibility index (Phi) is 4.96. The van der Waals surface area contributed by atoms with Crippen LogP contribution in [0.15, 0.2) is 72.8 Å². The molecular formula is C21H16ClNO2. The number of ketones is 1. The van der Waals surface area contributed by atoms with Crippen molar-refractivity contribution in [3.8, 4) is 0 Å². The Balaban J connectivity index is 1.92. The number of hydrogen-bond donors (Lipinski definition) is 1. The quantitative estimate of drug-likeness (QED) is 0.663. The number of benzene rings is 3. The third kappa shape index (κ3) is 3.78. The minimum atomic E-state index is -0.328. The Bertz CT molecular complexity index is 936. The van der Waals surface area contributed by atoms with E-state index >= 15 is 0 Å². The van der Waals surface area contributed by atoms with Crippen LogP contribution in [0.4, 0.5) is 5.69 Å². The molecule has 4 heteroatoms. The number of aryl methyl sites for hydroxylation is 1. The summed E-state index contributed by atoms with van der Waals surface area (Å²) in [7, 11) is 0. The average Bonchev–Trinajstić information content (AvgIpc) is 2.64. The second-order valence-electron chi connectivity index (χ2n) is 5.65. The fraction of sp³-hybridized carbons (Fsp3) is 0.0476. The summed E-state index contributed by atoms with van der Waals surface area (Å²) < 4.78 is 0. The Morgan fingerprint density at radius 1 is 0.840 bits per heavy atom. The van der Waals surface area contributed by atoms with Crippen LogP contribution < -0.4 is 5.32 Å². The predicted octanol–water partition coefficient (Wildman–Crippen LogP) is 5.13. The number of rotatable bonds is 4. The van der Waals surface area contributed by atoms with Crippen LogP contribution in [0.5, 0.6) is 0 Å². The van der Waals surface area contributed by atoms with Gasteiger partial charge in [0.05, 0.1) is 5.56 Å². The highest BCUT2D eigenvalue weighted by Crippen LogP contribution is 2.21. The number of anilines is 1. The molecule has 0 aliphatic heterocycles. The molecule has 3 aromatic rings. The lowest BCUT2D eigenvalue weighted by Gasteiger charge is -2.11. The van der Waals surface area contributed by atoms with Crippen LogP contribution in [-0.4, -0.2) is 11.7 Å². The van der Waals surface area contributed by atoms with E-state index in [1.54, 1.807) is 66.7 Å². The second-order valence-corrected chi connectivity index (χ2v) is 6.09. The third-order valence-electron chi connectivity index (χ3n) is 3.89. The van der Waals surface area contributed by atoms with Crippen molar-refractivity contribution >= 4 is 29.0 Å². The minimum Gasteiger partial charge on any atom is -0.322 e. The van der Waals surface area contributed by atoms with Crippen molar-refractivity contribution in [2.24, 2.45) is 0 Å². The van der Waals surface area contributed by atoms with Crippen LogP contribution in [0.3, 0.4) is 0 Å². The first-order chi connectivity index (χ1) is 12.1. The molecule has 1 N–H and O–H groups in total. The summed E-state index contributed by atoms with van der Waals surface area (Å²) in [5, 5.41) is 3.46. The van der Waals surface area contributed by atoms with Crippen molar-refractivity contribution in [1.82, 2.24) is 0 Å². The van der Waals surface area contributed by atoms with Gasteiger partial charge in [-0.2, -0.15) is 0 Å². The van der Waals surface area contributed by atoms with E-state index in [1.165, 1.54) is 0 Å². The van der Waals surface area contributed by atoms with E-state index in [0.717, 1.165) is 5.56 Å². The topological polar surface area (TPSA) is 46.2 Å². The minimum absolute atomic E-state index is 0.181. The lowest BCUT2D eigenvalue weighted by molar-refractivity contribution is 0.0996. The van der Waals surface area contributed by atoms with Crippen molar-refractivity contribution in [1.29, 1.82) is 0 Å². The van der Waals surface area contributed by atoms with Crippen molar-refractivity contribution in [3.63, 3.8) is 0 Å². The van der Waals surface area contributed by atoms with Gasteiger partial charge in [-0.05, 0) is 36.8 Å². The van der Waals surface area contributed by atoms with Crippen LogP contribution >= 0.6 is 11.6 Å². The lowest BCUT2D eigenvalue weighted by atomic mass is 9.98. The zero-order valence-electron chi connectivity index (χ0n) is 13.6. The van der Waals surface area contributed by atoms with Gasteiger partial charge in [0.15, 0.2) is 5.78 Å². The van der Waals surface area contributed by atoms with Crippen molar-refractivity contribution in [3.05, 3.63) is 100 Å². The highest BCUT2D eigenvalue weighted by Gasteiger charge is 2.18. The zero-order chi connectivity index (χ0) is 17.8. The molecule has 0 fully saturated rings. The zero-order valence-corrected chi connectivity index (χ0v) is 14.4. The Hall–Kier alpha value is -2.91. The van der Waals surface area contributed by atoms with E-state index in [-0.39, 0.29) is 11.7 Å². The maximum Gasteiger partial charge on any atom is 0.256 e. The van der Waals surface area contributed by atoms with Crippen molar-refractivity contribution < 1.29 is 9.59 Å². The van der Waals surface area contributed by atoms with Crippen molar-refractivity contribution in [2.75, 3.05) is 5.32 Å². The molecule has 3 rings (SSSR count). The monoisotopic (exact) mass is 349 g/mol. The van der Waals surface area contributed by atoms with E-state index in [4.69, 9.17) is 11.6 Å². The predicted molar refractivity (Wildman–Crippen MR) is 100 cm³/mol. The second kappa shape index (κ2) is 7.32. The molecule has 1 amide bonds. The molecule has 0 aromatic heterocycles. The molecule has 0 saturated heterocycles. The summed E-state index contributed by atoms with van der Waals surface area (Å²) in [6, 6.07) is 21.0. The molecule has 0 aliphatic rings. The lowest BCUT2D eigenvalue weighted by Crippen LogP contribution is -2.17. The van der Waals surface area contributed by atoms with Gasteiger partial charge in [0.2, 0.25) is 0 Å². The molecule has 124 valence electrons. The highest BCUT2D eigenvalue weighted by molar-refractivity contribution is 6.30. The van der Waals surface area contributed by atoms with E-state index in [1.807, 2.05) is 13.0 Å². The first kappa shape index (κ1) is 16.9. The Morgan fingerprint density at radius 2 is 1.48 bits per heavy atom. The molecule has 3 aromatic carbocycles. The number of carbonyl (C=O) groups is 2. The SMILES string of the molecule is Cc1cc(Cl)ccc1NC(=O)c1ccccc1C(=O)c1ccccc1. The molecule has 0 saturated carbocycles. The Morgan fingerprint density at radius 3 is 2.16 bits per heavy atom. The van der Waals surface area contributed by atoms with Gasteiger partial charge in [-0.3, -0.25) is 9.59 Å². The van der Waals surface area contributed by atoms with Crippen LogP contribution in [0.1, 0.15) is 31.8 Å². The summed E-state index contributed by atoms with van der Waals surface area (Å²) >= 11 is 5.95. The van der Waals surface area contributed by atoms with Gasteiger partial charge < -0.3 is 5.32 Å². The van der Waals surface area contributed by atoms with E-state index in [0.29, 0.717) is 27.4 Å². The van der Waals surface area contributed by atoms with Crippen LogP contribution in [-0.2, 0) is 0 Å². The number of nitrogens with one attached hydrogen (secondary N) is 1. The van der Waals surface area contributed by atoms with Gasteiger partial charge in [-0.1, -0.05) is 60.1 Å². The van der Waals surface area contributed by atoms with Gasteiger partial charge in [0, 0.05) is 21.8 Å². The molecule has 0 heterocycles. The summed E-state index contributed by atoms with van der Waals surface area (Å²) in [6.07, 6.45) is 0. The molecule has 0 aliphatic carbocycles. The molecule has 0 radical (unpaired) electrons. The molecule has 0 atom stereocenters. The van der Waals surface area contributed by atoms with Crippen LogP contribution in [0.2, 0.25) is 5.02 Å². The third-order valence-corrected chi connectivity index (χ3v) is 4.12. The van der Waals surface area contributed by atoms with Crippen LogP contribution in [0.25, 0.3) is 0 Å². The van der Waals surface area contributed by atoms with Gasteiger partial charge >= 0.3 is 0 Å². The molecule has 0 unspecified atom stereocenters. The fourth-order valence-electron chi connectivity index (χ4n) is 2.58. The first-order valence-electron chi connectivity index (χ1n) is 7.82. The maximum absolute atomic E-state index is 12.7. The number of carbonyl (C=O) groups excluding carboxylic acids is 2. The van der Waals surface area contributed by atoms with Gasteiger partial charge in [0.1, 0.15) is 0 Å². The summed E-state index contributed by atoms with van der Waals surface area (Å²) in [5.74, 6) is -0.510. The van der Waals surface area contributed by atoms with E-state index in [9.17, 15) is 9.59 Å². The summed E-state index contributed by atoms with van der Waals surface area (Å²) in [5.41, 5.74) is 2.78. The average molecular weight is 350 g/mol.